The van der Waals surface area contributed by atoms with E-state index >= 15 is 0 Å². The zero-order chi connectivity index (χ0) is 21.1. The fourth-order valence-corrected chi connectivity index (χ4v) is 3.80. The number of fused-ring (bicyclic) bond motifs is 2. The third-order valence-corrected chi connectivity index (χ3v) is 5.48. The Kier molecular flexibility index (Phi) is 5.75. The number of carbonyl (C=O) groups excluding carboxylic acids is 3. The molecule has 3 amide bonds. The largest absolute Gasteiger partial charge is 0.346 e. The van der Waals surface area contributed by atoms with Gasteiger partial charge in [0.2, 0.25) is 5.91 Å². The second-order valence-electron chi connectivity index (χ2n) is 6.81. The van der Waals surface area contributed by atoms with E-state index in [4.69, 9.17) is 0 Å². The first-order valence-electron chi connectivity index (χ1n) is 9.48. The monoisotopic (exact) mass is 424 g/mol. The first kappa shape index (κ1) is 20.0. The summed E-state index contributed by atoms with van der Waals surface area (Å²) in [5, 5.41) is 2.98. The fraction of sp³-hybridized carbons (Fsp3) is 0.300. The van der Waals surface area contributed by atoms with Crippen LogP contribution in [0.15, 0.2) is 36.7 Å². The lowest BCUT2D eigenvalue weighted by Crippen LogP contribution is -2.36. The quantitative estimate of drug-likeness (QED) is 0.530. The SMILES string of the molecule is CSCC[C@@H](NC(=O)CCN1C(=O)c2nccnc2C1=O)c1nc2ccccc2[nH]1. The first-order valence-corrected chi connectivity index (χ1v) is 10.9. The van der Waals surface area contributed by atoms with Crippen molar-refractivity contribution < 1.29 is 14.4 Å². The van der Waals surface area contributed by atoms with Crippen molar-refractivity contribution in [3.63, 3.8) is 0 Å². The lowest BCUT2D eigenvalue weighted by Gasteiger charge is -2.18. The molecule has 9 nitrogen and oxygen atoms in total. The molecule has 0 bridgehead atoms. The van der Waals surface area contributed by atoms with Crippen LogP contribution in [0, 0.1) is 0 Å². The van der Waals surface area contributed by atoms with Crippen molar-refractivity contribution in [1.82, 2.24) is 30.2 Å². The smallest absolute Gasteiger partial charge is 0.281 e. The van der Waals surface area contributed by atoms with Crippen molar-refractivity contribution >= 4 is 40.5 Å². The van der Waals surface area contributed by atoms with Crippen LogP contribution in [0.1, 0.15) is 45.7 Å². The van der Waals surface area contributed by atoms with Gasteiger partial charge in [-0.1, -0.05) is 12.1 Å². The molecular weight excluding hydrogens is 404 g/mol. The van der Waals surface area contributed by atoms with Crippen molar-refractivity contribution in [3.05, 3.63) is 53.9 Å². The number of para-hydroxylation sites is 2. The average Bonchev–Trinajstić information content (AvgIpc) is 3.29. The Morgan fingerprint density at radius 2 is 1.87 bits per heavy atom. The third-order valence-electron chi connectivity index (χ3n) is 4.84. The van der Waals surface area contributed by atoms with Gasteiger partial charge >= 0.3 is 0 Å². The van der Waals surface area contributed by atoms with Gasteiger partial charge in [-0.25, -0.2) is 15.0 Å². The average molecular weight is 424 g/mol. The Labute approximate surface area is 176 Å². The number of carbonyl (C=O) groups is 3. The fourth-order valence-electron chi connectivity index (χ4n) is 3.33. The van der Waals surface area contributed by atoms with Gasteiger partial charge in [-0.2, -0.15) is 11.8 Å². The number of aromatic nitrogens is 4. The topological polar surface area (TPSA) is 121 Å². The number of nitrogens with zero attached hydrogens (tertiary/aromatic N) is 4. The number of thioether (sulfide) groups is 1. The summed E-state index contributed by atoms with van der Waals surface area (Å²) in [6.45, 7) is -0.0308. The maximum atomic E-state index is 12.6. The molecule has 1 aliphatic rings. The zero-order valence-corrected chi connectivity index (χ0v) is 17.1. The van der Waals surface area contributed by atoms with Crippen LogP contribution in [0.25, 0.3) is 11.0 Å². The summed E-state index contributed by atoms with van der Waals surface area (Å²) in [4.78, 5) is 54.0. The highest BCUT2D eigenvalue weighted by Gasteiger charge is 2.38. The number of amides is 3. The summed E-state index contributed by atoms with van der Waals surface area (Å²) in [6, 6.07) is 7.39. The van der Waals surface area contributed by atoms with Gasteiger partial charge in [-0.3, -0.25) is 19.3 Å². The number of H-pyrrole nitrogens is 1. The molecule has 3 heterocycles. The minimum absolute atomic E-state index is 0.0124. The lowest BCUT2D eigenvalue weighted by atomic mass is 10.2. The second-order valence-corrected chi connectivity index (χ2v) is 7.79. The van der Waals surface area contributed by atoms with E-state index in [2.05, 4.69) is 25.3 Å². The molecule has 0 aliphatic carbocycles. The Morgan fingerprint density at radius 3 is 2.53 bits per heavy atom. The molecule has 0 saturated carbocycles. The van der Waals surface area contributed by atoms with Crippen LogP contribution in [0.5, 0.6) is 0 Å². The minimum atomic E-state index is -0.521. The van der Waals surface area contributed by atoms with Gasteiger partial charge in [0.15, 0.2) is 11.4 Å². The molecule has 4 rings (SSSR count). The van der Waals surface area contributed by atoms with Gasteiger partial charge in [0, 0.05) is 25.4 Å². The molecule has 10 heteroatoms. The first-order chi connectivity index (χ1) is 14.6. The highest BCUT2D eigenvalue weighted by Crippen LogP contribution is 2.21. The molecule has 154 valence electrons. The van der Waals surface area contributed by atoms with E-state index in [0.717, 1.165) is 21.7 Å². The molecule has 2 N–H and O–H groups in total. The van der Waals surface area contributed by atoms with Crippen molar-refractivity contribution in [1.29, 1.82) is 0 Å². The molecule has 1 aliphatic heterocycles. The molecule has 1 aromatic carbocycles. The highest BCUT2D eigenvalue weighted by molar-refractivity contribution is 7.98. The van der Waals surface area contributed by atoms with Crippen LogP contribution in [-0.2, 0) is 4.79 Å². The number of aromatic amines is 1. The van der Waals surface area contributed by atoms with Gasteiger partial charge in [0.1, 0.15) is 5.82 Å². The van der Waals surface area contributed by atoms with Crippen LogP contribution >= 0.6 is 11.8 Å². The summed E-state index contributed by atoms with van der Waals surface area (Å²) in [7, 11) is 0. The molecule has 0 saturated heterocycles. The van der Waals surface area contributed by atoms with E-state index in [1.165, 1.54) is 12.4 Å². The van der Waals surface area contributed by atoms with Crippen molar-refractivity contribution in [2.75, 3.05) is 18.6 Å². The zero-order valence-electron chi connectivity index (χ0n) is 16.3. The predicted molar refractivity (Wildman–Crippen MR) is 112 cm³/mol. The van der Waals surface area contributed by atoms with Crippen LogP contribution < -0.4 is 5.32 Å². The van der Waals surface area contributed by atoms with Gasteiger partial charge in [0.25, 0.3) is 11.8 Å². The van der Waals surface area contributed by atoms with Gasteiger partial charge in [0.05, 0.1) is 17.1 Å². The highest BCUT2D eigenvalue weighted by atomic mass is 32.2. The van der Waals surface area contributed by atoms with E-state index in [0.29, 0.717) is 12.2 Å². The number of benzene rings is 1. The van der Waals surface area contributed by atoms with Gasteiger partial charge in [-0.15, -0.1) is 0 Å². The maximum Gasteiger partial charge on any atom is 0.281 e. The number of imide groups is 1. The summed E-state index contributed by atoms with van der Waals surface area (Å²) >= 11 is 1.68. The molecule has 0 fully saturated rings. The van der Waals surface area contributed by atoms with E-state index in [9.17, 15) is 14.4 Å². The number of rotatable bonds is 8. The molecule has 0 radical (unpaired) electrons. The third kappa shape index (κ3) is 3.90. The van der Waals surface area contributed by atoms with Crippen molar-refractivity contribution in [2.24, 2.45) is 0 Å². The van der Waals surface area contributed by atoms with E-state index in [1.807, 2.05) is 30.5 Å². The van der Waals surface area contributed by atoms with E-state index in [1.54, 1.807) is 11.8 Å². The summed E-state index contributed by atoms with van der Waals surface area (Å²) in [5.41, 5.74) is 1.80. The van der Waals surface area contributed by atoms with Gasteiger partial charge in [-0.05, 0) is 30.6 Å². The molecule has 30 heavy (non-hydrogen) atoms. The van der Waals surface area contributed by atoms with Crippen molar-refractivity contribution in [3.8, 4) is 0 Å². The Balaban J connectivity index is 1.42. The standard InChI is InChI=1S/C20H20N6O3S/c1-30-11-7-14(18-24-12-4-2-3-5-13(12)25-18)23-15(27)6-10-26-19(28)16-17(20(26)29)22-9-8-21-16/h2-5,8-9,14H,6-7,10-11H2,1H3,(H,23,27)(H,24,25)/t14-/m1/s1. The Morgan fingerprint density at radius 1 is 1.17 bits per heavy atom. The van der Waals surface area contributed by atoms with E-state index in [-0.39, 0.29) is 36.3 Å². The van der Waals surface area contributed by atoms with Crippen LogP contribution in [0.2, 0.25) is 0 Å². The van der Waals surface area contributed by atoms with Crippen molar-refractivity contribution in [2.45, 2.75) is 18.9 Å². The van der Waals surface area contributed by atoms with Crippen LogP contribution in [0.4, 0.5) is 0 Å². The minimum Gasteiger partial charge on any atom is -0.346 e. The summed E-state index contributed by atoms with van der Waals surface area (Å²) in [5.74, 6) is 0.226. The molecule has 0 spiro atoms. The van der Waals surface area contributed by atoms with Gasteiger partial charge < -0.3 is 10.3 Å². The number of hydrogen-bond donors (Lipinski definition) is 2. The normalized spacial score (nSPS) is 14.2. The summed E-state index contributed by atoms with van der Waals surface area (Å²) in [6.07, 6.45) is 5.42. The van der Waals surface area contributed by atoms with E-state index < -0.39 is 11.8 Å². The predicted octanol–water partition coefficient (Wildman–Crippen LogP) is 1.95. The molecular formula is C20H20N6O3S. The Bertz CT molecular complexity index is 1050. The second kappa shape index (κ2) is 8.62. The van der Waals surface area contributed by atoms with Crippen LogP contribution in [0.3, 0.4) is 0 Å². The number of imidazole rings is 1. The lowest BCUT2D eigenvalue weighted by molar-refractivity contribution is -0.122. The summed E-state index contributed by atoms with van der Waals surface area (Å²) < 4.78 is 0. The Hall–Kier alpha value is -3.27. The molecule has 1 atom stereocenters. The maximum absolute atomic E-state index is 12.6. The molecule has 3 aromatic rings. The molecule has 0 unspecified atom stereocenters. The van der Waals surface area contributed by atoms with Crippen LogP contribution in [-0.4, -0.2) is 61.1 Å². The number of hydrogen-bond acceptors (Lipinski definition) is 7. The number of nitrogens with one attached hydrogen (secondary N) is 2. The molecule has 2 aromatic heterocycles.